The van der Waals surface area contributed by atoms with Crippen molar-refractivity contribution in [2.75, 3.05) is 13.1 Å². The molecule has 4 heteroatoms. The Morgan fingerprint density at radius 2 is 1.95 bits per heavy atom. The number of nitrogens with zero attached hydrogens (tertiary/aromatic N) is 1. The van der Waals surface area contributed by atoms with Crippen molar-refractivity contribution in [1.29, 1.82) is 0 Å². The number of amides is 1. The molecule has 2 atom stereocenters. The Hall–Kier alpha value is -1.42. The van der Waals surface area contributed by atoms with Gasteiger partial charge in [-0.25, -0.2) is 4.39 Å². The van der Waals surface area contributed by atoms with Gasteiger partial charge in [0.15, 0.2) is 0 Å². The molecule has 3 nitrogen and oxygen atoms in total. The zero-order valence-corrected chi connectivity index (χ0v) is 12.9. The van der Waals surface area contributed by atoms with Crippen LogP contribution in [0, 0.1) is 11.7 Å². The molecule has 2 rings (SSSR count). The maximum absolute atomic E-state index is 13.7. The van der Waals surface area contributed by atoms with Crippen molar-refractivity contribution < 1.29 is 9.18 Å². The Bertz CT molecular complexity index is 481. The monoisotopic (exact) mass is 292 g/mol. The minimum absolute atomic E-state index is 0.0927. The van der Waals surface area contributed by atoms with Crippen LogP contribution >= 0.6 is 0 Å². The second-order valence-electron chi connectivity index (χ2n) is 6.20. The Labute approximate surface area is 126 Å². The SMILES string of the molecule is CC(CC(=O)N1CCC(C(C)N)CC1)c1ccccc1F. The number of hydrogen-bond donors (Lipinski definition) is 1. The summed E-state index contributed by atoms with van der Waals surface area (Å²) in [5.74, 6) is 0.310. The topological polar surface area (TPSA) is 46.3 Å². The standard InChI is InChI=1S/C17H25FN2O/c1-12(15-5-3-4-6-16(15)18)11-17(21)20-9-7-14(8-10-20)13(2)19/h3-6,12-14H,7-11,19H2,1-2H3. The van der Waals surface area contributed by atoms with Gasteiger partial charge in [0.1, 0.15) is 5.82 Å². The molecule has 2 unspecified atom stereocenters. The number of nitrogens with two attached hydrogens (primary N) is 1. The molecule has 1 aromatic rings. The molecule has 0 radical (unpaired) electrons. The molecule has 21 heavy (non-hydrogen) atoms. The van der Waals surface area contributed by atoms with Gasteiger partial charge < -0.3 is 10.6 Å². The molecule has 1 aliphatic heterocycles. The summed E-state index contributed by atoms with van der Waals surface area (Å²) in [4.78, 5) is 14.2. The van der Waals surface area contributed by atoms with Crippen LogP contribution in [0.1, 0.15) is 44.6 Å². The van der Waals surface area contributed by atoms with Crippen LogP contribution in [0.5, 0.6) is 0 Å². The van der Waals surface area contributed by atoms with Crippen LogP contribution in [0.15, 0.2) is 24.3 Å². The molecule has 0 bridgehead atoms. The van der Waals surface area contributed by atoms with Gasteiger partial charge in [-0.2, -0.15) is 0 Å². The largest absolute Gasteiger partial charge is 0.343 e. The van der Waals surface area contributed by atoms with Crippen molar-refractivity contribution in [2.45, 2.75) is 45.1 Å². The first kappa shape index (κ1) is 16.0. The molecule has 0 spiro atoms. The van der Waals surface area contributed by atoms with Gasteiger partial charge in [-0.05, 0) is 43.2 Å². The summed E-state index contributed by atoms with van der Waals surface area (Å²) in [6.07, 6.45) is 2.30. The first-order valence-corrected chi connectivity index (χ1v) is 7.76. The fourth-order valence-electron chi connectivity index (χ4n) is 3.05. The molecule has 0 saturated carbocycles. The van der Waals surface area contributed by atoms with E-state index in [0.717, 1.165) is 25.9 Å². The second kappa shape index (κ2) is 7.03. The van der Waals surface area contributed by atoms with Crippen molar-refractivity contribution in [1.82, 2.24) is 4.90 Å². The normalized spacial score (nSPS) is 19.3. The van der Waals surface area contributed by atoms with Crippen molar-refractivity contribution in [2.24, 2.45) is 11.7 Å². The van der Waals surface area contributed by atoms with Crippen LogP contribution in [0.2, 0.25) is 0 Å². The van der Waals surface area contributed by atoms with E-state index in [9.17, 15) is 9.18 Å². The second-order valence-corrected chi connectivity index (χ2v) is 6.20. The number of benzene rings is 1. The molecule has 0 aliphatic carbocycles. The van der Waals surface area contributed by atoms with Gasteiger partial charge in [-0.3, -0.25) is 4.79 Å². The molecular formula is C17H25FN2O. The minimum Gasteiger partial charge on any atom is -0.343 e. The van der Waals surface area contributed by atoms with Crippen LogP contribution in [-0.4, -0.2) is 29.9 Å². The zero-order chi connectivity index (χ0) is 15.4. The fraction of sp³-hybridized carbons (Fsp3) is 0.588. The highest BCUT2D eigenvalue weighted by atomic mass is 19.1. The van der Waals surface area contributed by atoms with Crippen molar-refractivity contribution >= 4 is 5.91 Å². The van der Waals surface area contributed by atoms with Crippen LogP contribution in [0.25, 0.3) is 0 Å². The highest BCUT2D eigenvalue weighted by Crippen LogP contribution is 2.25. The Balaban J connectivity index is 1.89. The van der Waals surface area contributed by atoms with E-state index in [1.54, 1.807) is 12.1 Å². The van der Waals surface area contributed by atoms with E-state index in [0.29, 0.717) is 17.9 Å². The fourth-order valence-corrected chi connectivity index (χ4v) is 3.05. The predicted molar refractivity (Wildman–Crippen MR) is 82.4 cm³/mol. The lowest BCUT2D eigenvalue weighted by atomic mass is 9.90. The lowest BCUT2D eigenvalue weighted by Crippen LogP contribution is -2.42. The van der Waals surface area contributed by atoms with E-state index in [1.165, 1.54) is 6.07 Å². The Morgan fingerprint density at radius 1 is 1.33 bits per heavy atom. The number of likely N-dealkylation sites (tertiary alicyclic amines) is 1. The highest BCUT2D eigenvalue weighted by Gasteiger charge is 2.26. The molecule has 1 saturated heterocycles. The summed E-state index contributed by atoms with van der Waals surface area (Å²) in [5, 5.41) is 0. The molecule has 1 fully saturated rings. The number of carbonyl (C=O) groups is 1. The van der Waals surface area contributed by atoms with E-state index in [4.69, 9.17) is 5.73 Å². The number of halogens is 1. The van der Waals surface area contributed by atoms with Gasteiger partial charge in [0.05, 0.1) is 0 Å². The van der Waals surface area contributed by atoms with Gasteiger partial charge in [0, 0.05) is 25.6 Å². The van der Waals surface area contributed by atoms with E-state index < -0.39 is 0 Å². The molecule has 1 aromatic carbocycles. The van der Waals surface area contributed by atoms with E-state index in [2.05, 4.69) is 0 Å². The van der Waals surface area contributed by atoms with Crippen LogP contribution in [-0.2, 0) is 4.79 Å². The summed E-state index contributed by atoms with van der Waals surface area (Å²) in [6.45, 7) is 5.48. The Kier molecular flexibility index (Phi) is 5.34. The average Bonchev–Trinajstić information content (AvgIpc) is 2.47. The van der Waals surface area contributed by atoms with E-state index in [1.807, 2.05) is 24.8 Å². The van der Waals surface area contributed by atoms with Crippen LogP contribution < -0.4 is 5.73 Å². The highest BCUT2D eigenvalue weighted by molar-refractivity contribution is 5.77. The van der Waals surface area contributed by atoms with Gasteiger partial charge in [0.2, 0.25) is 5.91 Å². The predicted octanol–water partition coefficient (Wildman–Crippen LogP) is 2.91. The lowest BCUT2D eigenvalue weighted by molar-refractivity contribution is -0.133. The van der Waals surface area contributed by atoms with Gasteiger partial charge in [0.25, 0.3) is 0 Å². The van der Waals surface area contributed by atoms with Gasteiger partial charge in [-0.15, -0.1) is 0 Å². The van der Waals surface area contributed by atoms with Crippen molar-refractivity contribution in [3.63, 3.8) is 0 Å². The Morgan fingerprint density at radius 3 is 2.52 bits per heavy atom. The summed E-state index contributed by atoms with van der Waals surface area (Å²) in [6, 6.07) is 6.89. The summed E-state index contributed by atoms with van der Waals surface area (Å²) >= 11 is 0. The average molecular weight is 292 g/mol. The number of rotatable bonds is 4. The van der Waals surface area contributed by atoms with Crippen LogP contribution in [0.4, 0.5) is 4.39 Å². The number of piperidine rings is 1. The third-order valence-electron chi connectivity index (χ3n) is 4.55. The third kappa shape index (κ3) is 4.03. The van der Waals surface area contributed by atoms with Gasteiger partial charge in [-0.1, -0.05) is 25.1 Å². The molecule has 116 valence electrons. The lowest BCUT2D eigenvalue weighted by Gasteiger charge is -2.34. The van der Waals surface area contributed by atoms with Crippen molar-refractivity contribution in [3.8, 4) is 0 Å². The smallest absolute Gasteiger partial charge is 0.223 e. The van der Waals surface area contributed by atoms with E-state index in [-0.39, 0.29) is 23.7 Å². The van der Waals surface area contributed by atoms with E-state index >= 15 is 0 Å². The minimum atomic E-state index is -0.228. The molecule has 0 aromatic heterocycles. The zero-order valence-electron chi connectivity index (χ0n) is 12.9. The quantitative estimate of drug-likeness (QED) is 0.927. The molecule has 1 amide bonds. The maximum Gasteiger partial charge on any atom is 0.223 e. The molecule has 1 aliphatic rings. The number of carbonyl (C=O) groups excluding carboxylic acids is 1. The maximum atomic E-state index is 13.7. The molecular weight excluding hydrogens is 267 g/mol. The third-order valence-corrected chi connectivity index (χ3v) is 4.55. The molecule has 2 N–H and O–H groups in total. The summed E-state index contributed by atoms with van der Waals surface area (Å²) in [5.41, 5.74) is 6.54. The summed E-state index contributed by atoms with van der Waals surface area (Å²) < 4.78 is 13.7. The number of hydrogen-bond acceptors (Lipinski definition) is 2. The van der Waals surface area contributed by atoms with Gasteiger partial charge >= 0.3 is 0 Å². The summed E-state index contributed by atoms with van der Waals surface area (Å²) in [7, 11) is 0. The van der Waals surface area contributed by atoms with Crippen molar-refractivity contribution in [3.05, 3.63) is 35.6 Å². The molecule has 1 heterocycles. The first-order chi connectivity index (χ1) is 9.99. The first-order valence-electron chi connectivity index (χ1n) is 7.76. The van der Waals surface area contributed by atoms with Crippen LogP contribution in [0.3, 0.4) is 0 Å².